The van der Waals surface area contributed by atoms with Crippen molar-refractivity contribution in [3.8, 4) is 5.75 Å². The van der Waals surface area contributed by atoms with Crippen molar-refractivity contribution >= 4 is 0 Å². The van der Waals surface area contributed by atoms with Gasteiger partial charge in [-0.05, 0) is 52.2 Å². The maximum absolute atomic E-state index is 6.02. The number of ether oxygens (including phenoxy) is 1. The molecular formula is C17H29N3O. The molecule has 1 aromatic rings. The van der Waals surface area contributed by atoms with Crippen LogP contribution in [0.2, 0.25) is 0 Å². The molecule has 1 heterocycles. The lowest BCUT2D eigenvalue weighted by molar-refractivity contribution is 0.208. The van der Waals surface area contributed by atoms with E-state index in [0.717, 1.165) is 38.3 Å². The van der Waals surface area contributed by atoms with E-state index in [0.29, 0.717) is 12.1 Å². The van der Waals surface area contributed by atoms with Crippen LogP contribution in [0.3, 0.4) is 0 Å². The van der Waals surface area contributed by atoms with Crippen molar-refractivity contribution in [2.45, 2.75) is 25.5 Å². The fourth-order valence-electron chi connectivity index (χ4n) is 2.64. The van der Waals surface area contributed by atoms with E-state index < -0.39 is 0 Å². The summed E-state index contributed by atoms with van der Waals surface area (Å²) in [6, 6.07) is 8.90. The van der Waals surface area contributed by atoms with Gasteiger partial charge in [0, 0.05) is 32.2 Å². The molecule has 0 amide bonds. The summed E-state index contributed by atoms with van der Waals surface area (Å²) in [6.07, 6.45) is 1.47. The number of hydrogen-bond donors (Lipinski definition) is 1. The molecule has 2 unspecified atom stereocenters. The number of likely N-dealkylation sites (tertiary alicyclic amines) is 1. The molecule has 0 aromatic heterocycles. The first-order chi connectivity index (χ1) is 10.0. The number of hydrogen-bond acceptors (Lipinski definition) is 4. The number of nitrogens with zero attached hydrogens (tertiary/aromatic N) is 2. The van der Waals surface area contributed by atoms with E-state index >= 15 is 0 Å². The maximum Gasteiger partial charge on any atom is 0.119 e. The Bertz CT molecular complexity index is 419. The lowest BCUT2D eigenvalue weighted by atomic mass is 10.1. The number of rotatable bonds is 7. The molecular weight excluding hydrogens is 262 g/mol. The summed E-state index contributed by atoms with van der Waals surface area (Å²) in [6.45, 7) is 6.43. The van der Waals surface area contributed by atoms with Gasteiger partial charge in [0.15, 0.2) is 0 Å². The van der Waals surface area contributed by atoms with Crippen molar-refractivity contribution < 1.29 is 4.74 Å². The molecule has 0 spiro atoms. The van der Waals surface area contributed by atoms with Crippen molar-refractivity contribution in [2.75, 3.05) is 47.3 Å². The molecule has 2 atom stereocenters. The highest BCUT2D eigenvalue weighted by molar-refractivity contribution is 5.29. The Morgan fingerprint density at radius 2 is 2.05 bits per heavy atom. The van der Waals surface area contributed by atoms with Crippen LogP contribution in [-0.4, -0.2) is 63.2 Å². The van der Waals surface area contributed by atoms with Gasteiger partial charge in [0.1, 0.15) is 11.9 Å². The first kappa shape index (κ1) is 16.3. The Morgan fingerprint density at radius 3 is 2.62 bits per heavy atom. The van der Waals surface area contributed by atoms with E-state index in [1.807, 2.05) is 0 Å². The molecule has 4 heteroatoms. The third-order valence-corrected chi connectivity index (χ3v) is 4.04. The quantitative estimate of drug-likeness (QED) is 0.831. The third-order valence-electron chi connectivity index (χ3n) is 4.04. The van der Waals surface area contributed by atoms with E-state index in [4.69, 9.17) is 4.74 Å². The second-order valence-electron chi connectivity index (χ2n) is 6.34. The highest BCUT2D eigenvalue weighted by atomic mass is 16.5. The van der Waals surface area contributed by atoms with E-state index in [1.54, 1.807) is 0 Å². The highest BCUT2D eigenvalue weighted by Crippen LogP contribution is 2.20. The molecule has 2 rings (SSSR count). The predicted octanol–water partition coefficient (Wildman–Crippen LogP) is 1.98. The number of nitrogens with one attached hydrogen (secondary N) is 1. The Labute approximate surface area is 129 Å². The summed E-state index contributed by atoms with van der Waals surface area (Å²) >= 11 is 0. The van der Waals surface area contributed by atoms with Gasteiger partial charge in [-0.15, -0.1) is 0 Å². The van der Waals surface area contributed by atoms with Crippen molar-refractivity contribution in [2.24, 2.45) is 0 Å². The molecule has 21 heavy (non-hydrogen) atoms. The Morgan fingerprint density at radius 1 is 1.33 bits per heavy atom. The zero-order valence-electron chi connectivity index (χ0n) is 13.8. The fourth-order valence-corrected chi connectivity index (χ4v) is 2.64. The molecule has 1 fully saturated rings. The van der Waals surface area contributed by atoms with Crippen LogP contribution in [0.5, 0.6) is 5.75 Å². The van der Waals surface area contributed by atoms with Crippen LogP contribution < -0.4 is 10.1 Å². The average molecular weight is 291 g/mol. The zero-order chi connectivity index (χ0) is 15.2. The van der Waals surface area contributed by atoms with E-state index in [9.17, 15) is 0 Å². The van der Waals surface area contributed by atoms with Crippen molar-refractivity contribution in [1.29, 1.82) is 0 Å². The van der Waals surface area contributed by atoms with Crippen LogP contribution in [0, 0.1) is 0 Å². The minimum absolute atomic E-state index is 0.344. The summed E-state index contributed by atoms with van der Waals surface area (Å²) in [5, 5.41) is 3.54. The third kappa shape index (κ3) is 5.30. The summed E-state index contributed by atoms with van der Waals surface area (Å²) < 4.78 is 6.02. The van der Waals surface area contributed by atoms with Crippen molar-refractivity contribution in [3.63, 3.8) is 0 Å². The molecule has 1 N–H and O–H groups in total. The summed E-state index contributed by atoms with van der Waals surface area (Å²) in [7, 11) is 6.34. The van der Waals surface area contributed by atoms with Gasteiger partial charge in [0.2, 0.25) is 0 Å². The van der Waals surface area contributed by atoms with Crippen LogP contribution in [-0.2, 0) is 0 Å². The van der Waals surface area contributed by atoms with Crippen LogP contribution in [0.25, 0.3) is 0 Å². The predicted molar refractivity (Wildman–Crippen MR) is 87.9 cm³/mol. The molecule has 118 valence electrons. The lowest BCUT2D eigenvalue weighted by Crippen LogP contribution is -2.28. The zero-order valence-corrected chi connectivity index (χ0v) is 13.8. The molecule has 0 bridgehead atoms. The van der Waals surface area contributed by atoms with Gasteiger partial charge in [-0.3, -0.25) is 0 Å². The van der Waals surface area contributed by atoms with E-state index in [2.05, 4.69) is 67.4 Å². The van der Waals surface area contributed by atoms with Crippen LogP contribution >= 0.6 is 0 Å². The van der Waals surface area contributed by atoms with Gasteiger partial charge in [-0.25, -0.2) is 0 Å². The second kappa shape index (κ2) is 7.78. The van der Waals surface area contributed by atoms with E-state index in [-0.39, 0.29) is 0 Å². The number of benzene rings is 1. The van der Waals surface area contributed by atoms with E-state index in [1.165, 1.54) is 5.56 Å². The molecule has 1 aliphatic heterocycles. The van der Waals surface area contributed by atoms with Gasteiger partial charge < -0.3 is 19.9 Å². The molecule has 0 radical (unpaired) electrons. The molecule has 0 saturated carbocycles. The molecule has 1 saturated heterocycles. The average Bonchev–Trinajstić information content (AvgIpc) is 2.84. The van der Waals surface area contributed by atoms with Crippen molar-refractivity contribution in [3.05, 3.63) is 29.8 Å². The highest BCUT2D eigenvalue weighted by Gasteiger charge is 2.20. The molecule has 1 aliphatic rings. The lowest BCUT2D eigenvalue weighted by Gasteiger charge is -2.18. The van der Waals surface area contributed by atoms with Gasteiger partial charge >= 0.3 is 0 Å². The largest absolute Gasteiger partial charge is 0.489 e. The molecule has 1 aromatic carbocycles. The minimum Gasteiger partial charge on any atom is -0.489 e. The number of likely N-dealkylation sites (N-methyl/N-ethyl adjacent to an activating group) is 2. The SMILES string of the molecule is CC(NCCN(C)C)c1ccc(OC2CCN(C)C2)cc1. The summed E-state index contributed by atoms with van der Waals surface area (Å²) in [5.41, 5.74) is 1.31. The molecule has 4 nitrogen and oxygen atoms in total. The van der Waals surface area contributed by atoms with Crippen LogP contribution in [0.4, 0.5) is 0 Å². The summed E-state index contributed by atoms with van der Waals surface area (Å²) in [4.78, 5) is 4.51. The first-order valence-corrected chi connectivity index (χ1v) is 7.88. The van der Waals surface area contributed by atoms with Gasteiger partial charge in [0.05, 0.1) is 0 Å². The van der Waals surface area contributed by atoms with Gasteiger partial charge in [-0.2, -0.15) is 0 Å². The van der Waals surface area contributed by atoms with Crippen LogP contribution in [0.1, 0.15) is 24.9 Å². The second-order valence-corrected chi connectivity index (χ2v) is 6.34. The molecule has 0 aliphatic carbocycles. The standard InChI is InChI=1S/C17H29N3O/c1-14(18-10-12-19(2)3)15-5-7-16(8-6-15)21-17-9-11-20(4)13-17/h5-8,14,17-18H,9-13H2,1-4H3. The van der Waals surface area contributed by atoms with Crippen molar-refractivity contribution in [1.82, 2.24) is 15.1 Å². The Kier molecular flexibility index (Phi) is 6.03. The fraction of sp³-hybridized carbons (Fsp3) is 0.647. The maximum atomic E-state index is 6.02. The van der Waals surface area contributed by atoms with Gasteiger partial charge in [0.25, 0.3) is 0 Å². The summed E-state index contributed by atoms with van der Waals surface area (Å²) in [5.74, 6) is 0.986. The Balaban J connectivity index is 1.80. The monoisotopic (exact) mass is 291 g/mol. The van der Waals surface area contributed by atoms with Gasteiger partial charge in [-0.1, -0.05) is 12.1 Å². The van der Waals surface area contributed by atoms with Crippen LogP contribution in [0.15, 0.2) is 24.3 Å². The topological polar surface area (TPSA) is 27.7 Å². The normalized spacial score (nSPS) is 20.9. The first-order valence-electron chi connectivity index (χ1n) is 7.88. The smallest absolute Gasteiger partial charge is 0.119 e. The minimum atomic E-state index is 0.344. The Hall–Kier alpha value is -1.10.